The van der Waals surface area contributed by atoms with E-state index in [1.807, 2.05) is 11.1 Å². The van der Waals surface area contributed by atoms with E-state index >= 15 is 0 Å². The molecule has 0 aromatic rings. The molecular weight excluding hydrogens is 196 g/mol. The van der Waals surface area contributed by atoms with Gasteiger partial charge in [-0.05, 0) is 31.9 Å². The zero-order valence-electron chi connectivity index (χ0n) is 10.4. The van der Waals surface area contributed by atoms with Gasteiger partial charge in [0.15, 0.2) is 0 Å². The summed E-state index contributed by atoms with van der Waals surface area (Å²) in [7, 11) is 0. The Morgan fingerprint density at radius 2 is 2.06 bits per heavy atom. The SMILES string of the molecule is C=CNN1C(=C)\C=C/C(C)=C\C(C)=C/1CC. The fourth-order valence-corrected chi connectivity index (χ4v) is 1.81. The molecule has 1 N–H and O–H groups in total. The van der Waals surface area contributed by atoms with Crippen molar-refractivity contribution in [3.63, 3.8) is 0 Å². The summed E-state index contributed by atoms with van der Waals surface area (Å²) in [4.78, 5) is 0. The molecule has 0 atom stereocenters. The van der Waals surface area contributed by atoms with Crippen molar-refractivity contribution in [2.45, 2.75) is 27.2 Å². The Bertz CT molecular complexity index is 384. The van der Waals surface area contributed by atoms with Crippen LogP contribution in [-0.2, 0) is 0 Å². The van der Waals surface area contributed by atoms with E-state index in [1.165, 1.54) is 16.8 Å². The molecule has 0 amide bonds. The van der Waals surface area contributed by atoms with Crippen molar-refractivity contribution in [2.75, 3.05) is 0 Å². The first-order valence-corrected chi connectivity index (χ1v) is 5.52. The molecule has 0 radical (unpaired) electrons. The van der Waals surface area contributed by atoms with Crippen molar-refractivity contribution in [1.82, 2.24) is 10.4 Å². The Morgan fingerprint density at radius 3 is 2.62 bits per heavy atom. The standard InChI is InChI=1S/C14H20N2/c1-6-14-12(4)10-11(3)8-9-13(5)16(14)15-7-2/h7-10,15H,2,5-6H2,1,3-4H3/b9-8-,11-10-,14-12-. The normalized spacial score (nSPS) is 26.6. The van der Waals surface area contributed by atoms with Crippen LogP contribution in [0.25, 0.3) is 0 Å². The number of rotatable bonds is 3. The first-order chi connectivity index (χ1) is 7.60. The lowest BCUT2D eigenvalue weighted by atomic mass is 10.1. The van der Waals surface area contributed by atoms with Gasteiger partial charge in [-0.1, -0.05) is 37.8 Å². The van der Waals surface area contributed by atoms with Crippen molar-refractivity contribution < 1.29 is 0 Å². The second kappa shape index (κ2) is 5.40. The zero-order valence-corrected chi connectivity index (χ0v) is 10.4. The molecule has 0 saturated heterocycles. The Morgan fingerprint density at radius 1 is 1.38 bits per heavy atom. The number of allylic oxidation sites excluding steroid dienone is 6. The summed E-state index contributed by atoms with van der Waals surface area (Å²) in [5, 5.41) is 1.97. The smallest absolute Gasteiger partial charge is 0.0554 e. The molecule has 0 saturated carbocycles. The van der Waals surface area contributed by atoms with Crippen LogP contribution in [-0.4, -0.2) is 5.01 Å². The summed E-state index contributed by atoms with van der Waals surface area (Å²) < 4.78 is 0. The predicted molar refractivity (Wildman–Crippen MR) is 70.2 cm³/mol. The molecule has 0 bridgehead atoms. The molecule has 0 spiro atoms. The minimum atomic E-state index is 0.920. The van der Waals surface area contributed by atoms with Crippen LogP contribution in [0, 0.1) is 0 Å². The van der Waals surface area contributed by atoms with E-state index in [0.29, 0.717) is 0 Å². The van der Waals surface area contributed by atoms with Crippen LogP contribution in [0.1, 0.15) is 27.2 Å². The molecule has 1 rings (SSSR count). The third-order valence-corrected chi connectivity index (χ3v) is 2.55. The third kappa shape index (κ3) is 2.66. The lowest BCUT2D eigenvalue weighted by molar-refractivity contribution is 0.361. The van der Waals surface area contributed by atoms with E-state index in [9.17, 15) is 0 Å². The van der Waals surface area contributed by atoms with E-state index in [0.717, 1.165) is 12.1 Å². The zero-order chi connectivity index (χ0) is 12.1. The minimum Gasteiger partial charge on any atom is -0.302 e. The second-order valence-corrected chi connectivity index (χ2v) is 3.86. The molecule has 16 heavy (non-hydrogen) atoms. The maximum Gasteiger partial charge on any atom is 0.0554 e. The van der Waals surface area contributed by atoms with E-state index in [4.69, 9.17) is 0 Å². The summed E-state index contributed by atoms with van der Waals surface area (Å²) in [5.41, 5.74) is 7.73. The van der Waals surface area contributed by atoms with Crippen LogP contribution in [0.5, 0.6) is 0 Å². The minimum absolute atomic E-state index is 0.920. The van der Waals surface area contributed by atoms with Gasteiger partial charge in [0.05, 0.1) is 5.70 Å². The first kappa shape index (κ1) is 12.4. The molecule has 0 aromatic heterocycles. The molecule has 0 unspecified atom stereocenters. The lowest BCUT2D eigenvalue weighted by Gasteiger charge is -2.29. The number of hydrogen-bond donors (Lipinski definition) is 1. The van der Waals surface area contributed by atoms with Gasteiger partial charge < -0.3 is 5.43 Å². The highest BCUT2D eigenvalue weighted by molar-refractivity contribution is 5.37. The topological polar surface area (TPSA) is 15.3 Å². The van der Waals surface area contributed by atoms with Gasteiger partial charge in [0.1, 0.15) is 0 Å². The van der Waals surface area contributed by atoms with Crippen molar-refractivity contribution >= 4 is 0 Å². The van der Waals surface area contributed by atoms with Crippen LogP contribution in [0.2, 0.25) is 0 Å². The van der Waals surface area contributed by atoms with Crippen LogP contribution in [0.4, 0.5) is 0 Å². The molecule has 0 fully saturated rings. The summed E-state index contributed by atoms with van der Waals surface area (Å²) in [6, 6.07) is 0. The number of nitrogens with zero attached hydrogens (tertiary/aromatic N) is 1. The van der Waals surface area contributed by atoms with Gasteiger partial charge in [0.25, 0.3) is 0 Å². The quantitative estimate of drug-likeness (QED) is 0.774. The third-order valence-electron chi connectivity index (χ3n) is 2.55. The highest BCUT2D eigenvalue weighted by Crippen LogP contribution is 2.22. The molecule has 2 heteroatoms. The molecule has 0 aliphatic carbocycles. The summed E-state index contributed by atoms with van der Waals surface area (Å²) in [6.45, 7) is 14.1. The van der Waals surface area contributed by atoms with Gasteiger partial charge in [0.2, 0.25) is 0 Å². The van der Waals surface area contributed by atoms with Crippen LogP contribution < -0.4 is 5.43 Å². The van der Waals surface area contributed by atoms with E-state index in [2.05, 4.69) is 51.5 Å². The molecule has 1 aliphatic rings. The van der Waals surface area contributed by atoms with Crippen LogP contribution in [0.3, 0.4) is 0 Å². The lowest BCUT2D eigenvalue weighted by Crippen LogP contribution is -2.32. The molecule has 2 nitrogen and oxygen atoms in total. The van der Waals surface area contributed by atoms with E-state index in [1.54, 1.807) is 6.20 Å². The number of hydrazine groups is 1. The maximum atomic E-state index is 4.05. The molecular formula is C14H20N2. The first-order valence-electron chi connectivity index (χ1n) is 5.52. The van der Waals surface area contributed by atoms with Crippen molar-refractivity contribution in [3.05, 3.63) is 60.1 Å². The average Bonchev–Trinajstić information content (AvgIpc) is 2.24. The van der Waals surface area contributed by atoms with Gasteiger partial charge in [0, 0.05) is 11.9 Å². The van der Waals surface area contributed by atoms with Gasteiger partial charge in [-0.25, -0.2) is 0 Å². The Balaban J connectivity index is 3.24. The summed E-state index contributed by atoms with van der Waals surface area (Å²) >= 11 is 0. The molecule has 1 aliphatic heterocycles. The fraction of sp³-hybridized carbons (Fsp3) is 0.286. The van der Waals surface area contributed by atoms with Crippen LogP contribution >= 0.6 is 0 Å². The van der Waals surface area contributed by atoms with Crippen molar-refractivity contribution in [3.8, 4) is 0 Å². The van der Waals surface area contributed by atoms with E-state index in [-0.39, 0.29) is 0 Å². The second-order valence-electron chi connectivity index (χ2n) is 3.86. The Kier molecular flexibility index (Phi) is 4.18. The van der Waals surface area contributed by atoms with Gasteiger partial charge >= 0.3 is 0 Å². The highest BCUT2D eigenvalue weighted by atomic mass is 15.5. The van der Waals surface area contributed by atoms with Crippen molar-refractivity contribution in [1.29, 1.82) is 0 Å². The highest BCUT2D eigenvalue weighted by Gasteiger charge is 2.12. The maximum absolute atomic E-state index is 4.05. The predicted octanol–water partition coefficient (Wildman–Crippen LogP) is 3.65. The van der Waals surface area contributed by atoms with Gasteiger partial charge in [-0.15, -0.1) is 0 Å². The van der Waals surface area contributed by atoms with Crippen molar-refractivity contribution in [2.24, 2.45) is 0 Å². The largest absolute Gasteiger partial charge is 0.302 e. The van der Waals surface area contributed by atoms with E-state index < -0.39 is 0 Å². The summed E-state index contributed by atoms with van der Waals surface area (Å²) in [5.74, 6) is 0. The number of hydrogen-bond acceptors (Lipinski definition) is 2. The molecule has 1 heterocycles. The van der Waals surface area contributed by atoms with Gasteiger partial charge in [-0.3, -0.25) is 5.01 Å². The summed E-state index contributed by atoms with van der Waals surface area (Å²) in [6.07, 6.45) is 8.86. The van der Waals surface area contributed by atoms with Gasteiger partial charge in [-0.2, -0.15) is 0 Å². The average molecular weight is 216 g/mol. The monoisotopic (exact) mass is 216 g/mol. The Labute approximate surface area is 98.3 Å². The molecule has 86 valence electrons. The number of nitrogens with one attached hydrogen (secondary N) is 1. The Hall–Kier alpha value is -1.70. The fourth-order valence-electron chi connectivity index (χ4n) is 1.81. The molecule has 0 aromatic carbocycles. The van der Waals surface area contributed by atoms with Crippen LogP contribution in [0.15, 0.2) is 60.1 Å².